The van der Waals surface area contributed by atoms with Crippen molar-refractivity contribution < 1.29 is 0 Å². The summed E-state index contributed by atoms with van der Waals surface area (Å²) in [6.07, 6.45) is 0. The molecule has 0 fully saturated rings. The minimum Gasteiger partial charge on any atom is -0.318 e. The van der Waals surface area contributed by atoms with Gasteiger partial charge in [0.2, 0.25) is 0 Å². The highest BCUT2D eigenvalue weighted by atomic mass is 32.2. The van der Waals surface area contributed by atoms with Crippen molar-refractivity contribution in [2.75, 3.05) is 13.6 Å². The van der Waals surface area contributed by atoms with Crippen LogP contribution >= 0.6 is 11.8 Å². The first-order valence-corrected chi connectivity index (χ1v) is 5.61. The number of hydrogen-bond donors (Lipinski definition) is 1. The van der Waals surface area contributed by atoms with E-state index >= 15 is 0 Å². The third kappa shape index (κ3) is 3.82. The number of hydrogen-bond acceptors (Lipinski definition) is 3. The zero-order chi connectivity index (χ0) is 10.2. The van der Waals surface area contributed by atoms with Gasteiger partial charge in [-0.05, 0) is 12.6 Å². The molecule has 1 aromatic rings. The highest BCUT2D eigenvalue weighted by Gasteiger charge is 2.05. The van der Waals surface area contributed by atoms with Crippen LogP contribution in [0.2, 0.25) is 0 Å². The fourth-order valence-corrected chi connectivity index (χ4v) is 2.04. The molecule has 0 saturated heterocycles. The third-order valence-corrected chi connectivity index (χ3v) is 3.00. The summed E-state index contributed by atoms with van der Waals surface area (Å²) in [6, 6.07) is 12.5. The quantitative estimate of drug-likeness (QED) is 0.800. The Kier molecular flexibility index (Phi) is 5.13. The third-order valence-electron chi connectivity index (χ3n) is 1.83. The Morgan fingerprint density at radius 2 is 2.14 bits per heavy atom. The summed E-state index contributed by atoms with van der Waals surface area (Å²) in [6.45, 7) is 0.744. The lowest BCUT2D eigenvalue weighted by Crippen LogP contribution is -2.19. The van der Waals surface area contributed by atoms with Crippen LogP contribution in [0.1, 0.15) is 5.56 Å². The van der Waals surface area contributed by atoms with Gasteiger partial charge in [0.1, 0.15) is 5.25 Å². The van der Waals surface area contributed by atoms with Crippen LogP contribution in [0.3, 0.4) is 0 Å². The van der Waals surface area contributed by atoms with Crippen molar-refractivity contribution in [1.29, 1.82) is 5.26 Å². The van der Waals surface area contributed by atoms with Gasteiger partial charge in [-0.15, -0.1) is 11.8 Å². The lowest BCUT2D eigenvalue weighted by molar-refractivity contribution is 0.823. The SMILES string of the molecule is CNCC(C#N)SCc1ccccc1. The van der Waals surface area contributed by atoms with Crippen LogP contribution < -0.4 is 5.32 Å². The maximum Gasteiger partial charge on any atom is 0.104 e. The predicted octanol–water partition coefficient (Wildman–Crippen LogP) is 2.03. The van der Waals surface area contributed by atoms with E-state index in [1.807, 2.05) is 25.2 Å². The van der Waals surface area contributed by atoms with Crippen molar-refractivity contribution in [3.05, 3.63) is 35.9 Å². The molecule has 74 valence electrons. The van der Waals surface area contributed by atoms with Crippen LogP contribution in [-0.2, 0) is 5.75 Å². The first-order chi connectivity index (χ1) is 6.86. The second kappa shape index (κ2) is 6.47. The van der Waals surface area contributed by atoms with E-state index in [0.29, 0.717) is 0 Å². The number of nitrogens with one attached hydrogen (secondary N) is 1. The molecule has 0 heterocycles. The molecule has 1 rings (SSSR count). The summed E-state index contributed by atoms with van der Waals surface area (Å²) in [7, 11) is 1.87. The molecule has 1 unspecified atom stereocenters. The maximum absolute atomic E-state index is 8.82. The average molecular weight is 206 g/mol. The van der Waals surface area contributed by atoms with E-state index in [0.717, 1.165) is 12.3 Å². The standard InChI is InChI=1S/C11H14N2S/c1-13-8-11(7-12)14-9-10-5-3-2-4-6-10/h2-6,11,13H,8-9H2,1H3. The topological polar surface area (TPSA) is 35.8 Å². The highest BCUT2D eigenvalue weighted by Crippen LogP contribution is 2.16. The van der Waals surface area contributed by atoms with E-state index in [-0.39, 0.29) is 5.25 Å². The molecule has 0 aliphatic carbocycles. The van der Waals surface area contributed by atoms with Gasteiger partial charge in [0.05, 0.1) is 6.07 Å². The van der Waals surface area contributed by atoms with Crippen LogP contribution in [0.25, 0.3) is 0 Å². The lowest BCUT2D eigenvalue weighted by atomic mass is 10.2. The molecule has 1 N–H and O–H groups in total. The van der Waals surface area contributed by atoms with Crippen molar-refractivity contribution >= 4 is 11.8 Å². The van der Waals surface area contributed by atoms with Crippen molar-refractivity contribution in [3.63, 3.8) is 0 Å². The molecule has 14 heavy (non-hydrogen) atoms. The molecule has 2 nitrogen and oxygen atoms in total. The first-order valence-electron chi connectivity index (χ1n) is 4.56. The summed E-state index contributed by atoms with van der Waals surface area (Å²) in [5, 5.41) is 11.9. The van der Waals surface area contributed by atoms with Gasteiger partial charge in [0, 0.05) is 12.3 Å². The zero-order valence-electron chi connectivity index (χ0n) is 8.23. The zero-order valence-corrected chi connectivity index (χ0v) is 9.05. The number of benzene rings is 1. The molecule has 0 bridgehead atoms. The maximum atomic E-state index is 8.82. The second-order valence-electron chi connectivity index (χ2n) is 2.97. The van der Waals surface area contributed by atoms with Gasteiger partial charge in [-0.3, -0.25) is 0 Å². The van der Waals surface area contributed by atoms with Gasteiger partial charge in [-0.2, -0.15) is 5.26 Å². The molecule has 1 atom stereocenters. The Hall–Kier alpha value is -0.980. The number of rotatable bonds is 5. The Bertz CT molecular complexity index is 292. The van der Waals surface area contributed by atoms with Crippen molar-refractivity contribution in [3.8, 4) is 6.07 Å². The van der Waals surface area contributed by atoms with Gasteiger partial charge in [-0.25, -0.2) is 0 Å². The molecule has 0 radical (unpaired) electrons. The smallest absolute Gasteiger partial charge is 0.104 e. The second-order valence-corrected chi connectivity index (χ2v) is 4.16. The minimum atomic E-state index is 0.0419. The van der Waals surface area contributed by atoms with Crippen molar-refractivity contribution in [1.82, 2.24) is 5.32 Å². The van der Waals surface area contributed by atoms with Gasteiger partial charge in [-0.1, -0.05) is 30.3 Å². The molecule has 0 amide bonds. The van der Waals surface area contributed by atoms with Gasteiger partial charge >= 0.3 is 0 Å². The van der Waals surface area contributed by atoms with Crippen LogP contribution in [0, 0.1) is 11.3 Å². The monoisotopic (exact) mass is 206 g/mol. The molecule has 1 aromatic carbocycles. The molecule has 0 aliphatic heterocycles. The Labute approximate surface area is 89.3 Å². The lowest BCUT2D eigenvalue weighted by Gasteiger charge is -2.07. The van der Waals surface area contributed by atoms with E-state index in [4.69, 9.17) is 5.26 Å². The Morgan fingerprint density at radius 1 is 1.43 bits per heavy atom. The molecule has 0 saturated carbocycles. The summed E-state index contributed by atoms with van der Waals surface area (Å²) in [5.41, 5.74) is 1.27. The molecule has 0 spiro atoms. The Balaban J connectivity index is 2.37. The summed E-state index contributed by atoms with van der Waals surface area (Å²) >= 11 is 1.68. The van der Waals surface area contributed by atoms with E-state index in [1.54, 1.807) is 11.8 Å². The van der Waals surface area contributed by atoms with Crippen LogP contribution in [0.5, 0.6) is 0 Å². The first kappa shape index (κ1) is 11.1. The van der Waals surface area contributed by atoms with Gasteiger partial charge in [0.15, 0.2) is 0 Å². The number of nitriles is 1. The molecule has 0 aromatic heterocycles. The largest absolute Gasteiger partial charge is 0.318 e. The molecule has 0 aliphatic rings. The number of nitrogens with zero attached hydrogens (tertiary/aromatic N) is 1. The molecule has 3 heteroatoms. The molecular weight excluding hydrogens is 192 g/mol. The van der Waals surface area contributed by atoms with Crippen LogP contribution in [0.15, 0.2) is 30.3 Å². The predicted molar refractivity (Wildman–Crippen MR) is 61.1 cm³/mol. The summed E-state index contributed by atoms with van der Waals surface area (Å²) < 4.78 is 0. The van der Waals surface area contributed by atoms with E-state index < -0.39 is 0 Å². The highest BCUT2D eigenvalue weighted by molar-refractivity contribution is 7.99. The fourth-order valence-electron chi connectivity index (χ4n) is 1.10. The van der Waals surface area contributed by atoms with E-state index in [9.17, 15) is 0 Å². The van der Waals surface area contributed by atoms with Gasteiger partial charge in [0.25, 0.3) is 0 Å². The Morgan fingerprint density at radius 3 is 2.71 bits per heavy atom. The van der Waals surface area contributed by atoms with Crippen molar-refractivity contribution in [2.24, 2.45) is 0 Å². The fraction of sp³-hybridized carbons (Fsp3) is 0.364. The summed E-state index contributed by atoms with van der Waals surface area (Å²) in [5.74, 6) is 0.904. The van der Waals surface area contributed by atoms with E-state index in [1.165, 1.54) is 5.56 Å². The van der Waals surface area contributed by atoms with E-state index in [2.05, 4.69) is 23.5 Å². The van der Waals surface area contributed by atoms with Crippen LogP contribution in [-0.4, -0.2) is 18.8 Å². The normalized spacial score (nSPS) is 12.0. The van der Waals surface area contributed by atoms with Crippen LogP contribution in [0.4, 0.5) is 0 Å². The number of thioether (sulfide) groups is 1. The van der Waals surface area contributed by atoms with Crippen molar-refractivity contribution in [2.45, 2.75) is 11.0 Å². The minimum absolute atomic E-state index is 0.0419. The summed E-state index contributed by atoms with van der Waals surface area (Å²) in [4.78, 5) is 0. The average Bonchev–Trinajstić information content (AvgIpc) is 2.25. The van der Waals surface area contributed by atoms with Gasteiger partial charge < -0.3 is 5.32 Å². The molecular formula is C11H14N2S.